The van der Waals surface area contributed by atoms with Crippen molar-refractivity contribution in [2.24, 2.45) is 0 Å². The number of carbonyl (C=O) groups excluding carboxylic acids is 4. The normalized spacial score (nSPS) is 18.3. The van der Waals surface area contributed by atoms with Gasteiger partial charge in [0, 0.05) is 49.3 Å². The summed E-state index contributed by atoms with van der Waals surface area (Å²) in [7, 11) is 1.39. The molecule has 0 aromatic heterocycles. The van der Waals surface area contributed by atoms with E-state index in [2.05, 4.69) is 17.1 Å². The Hall–Kier alpha value is -2.90. The molecule has 3 rings (SSSR count). The first kappa shape index (κ1) is 21.8. The lowest BCUT2D eigenvalue weighted by atomic mass is 10.0. The van der Waals surface area contributed by atoms with Crippen LogP contribution in [0.5, 0.6) is 0 Å². The number of ether oxygens (including phenoxy) is 1. The fourth-order valence-corrected chi connectivity index (χ4v) is 4.16. The molecule has 1 unspecified atom stereocenters. The monoisotopic (exact) mass is 415 g/mol. The fourth-order valence-electron chi connectivity index (χ4n) is 4.16. The van der Waals surface area contributed by atoms with Gasteiger partial charge in [0.2, 0.25) is 11.8 Å². The molecule has 1 fully saturated rings. The maximum absolute atomic E-state index is 13.0. The average Bonchev–Trinajstić information content (AvgIpc) is 3.06. The minimum atomic E-state index is -0.616. The highest BCUT2D eigenvalue weighted by Crippen LogP contribution is 2.34. The molecule has 1 saturated heterocycles. The molecule has 1 N–H and O–H groups in total. The third-order valence-electron chi connectivity index (χ3n) is 5.68. The number of piperidine rings is 1. The average molecular weight is 415 g/mol. The number of anilines is 1. The predicted octanol–water partition coefficient (Wildman–Crippen LogP) is 2.01. The number of unbranched alkanes of at least 4 members (excludes halogenated alkanes) is 1. The molecule has 0 bridgehead atoms. The molecule has 8 nitrogen and oxygen atoms in total. The van der Waals surface area contributed by atoms with E-state index in [0.29, 0.717) is 24.9 Å². The van der Waals surface area contributed by atoms with E-state index in [9.17, 15) is 19.2 Å². The van der Waals surface area contributed by atoms with Gasteiger partial charge in [-0.2, -0.15) is 0 Å². The van der Waals surface area contributed by atoms with Crippen molar-refractivity contribution in [3.8, 4) is 0 Å². The first-order valence-electron chi connectivity index (χ1n) is 10.5. The van der Waals surface area contributed by atoms with Gasteiger partial charge in [0.15, 0.2) is 0 Å². The van der Waals surface area contributed by atoms with Crippen molar-refractivity contribution in [3.63, 3.8) is 0 Å². The Morgan fingerprint density at radius 1 is 1.23 bits per heavy atom. The molecule has 1 aromatic rings. The van der Waals surface area contributed by atoms with Crippen LogP contribution in [0.4, 0.5) is 5.69 Å². The van der Waals surface area contributed by atoms with Gasteiger partial charge in [-0.05, 0) is 37.8 Å². The molecule has 2 aliphatic heterocycles. The van der Waals surface area contributed by atoms with Crippen molar-refractivity contribution in [1.82, 2.24) is 10.2 Å². The van der Waals surface area contributed by atoms with E-state index >= 15 is 0 Å². The number of nitrogens with one attached hydrogen (secondary N) is 1. The maximum Gasteiger partial charge on any atom is 0.305 e. The summed E-state index contributed by atoms with van der Waals surface area (Å²) in [5.41, 5.74) is 2.54. The summed E-state index contributed by atoms with van der Waals surface area (Å²) in [6.45, 7) is 4.07. The zero-order valence-electron chi connectivity index (χ0n) is 17.6. The molecule has 3 amide bonds. The van der Waals surface area contributed by atoms with Crippen molar-refractivity contribution < 1.29 is 23.9 Å². The fraction of sp³-hybridized carbons (Fsp3) is 0.545. The number of imide groups is 1. The van der Waals surface area contributed by atoms with E-state index in [1.54, 1.807) is 11.0 Å². The van der Waals surface area contributed by atoms with Crippen molar-refractivity contribution in [1.29, 1.82) is 0 Å². The van der Waals surface area contributed by atoms with Crippen LogP contribution in [-0.4, -0.2) is 54.8 Å². The molecule has 0 spiro atoms. The number of hydrogen-bond donors (Lipinski definition) is 1. The molecule has 0 aliphatic carbocycles. The lowest BCUT2D eigenvalue weighted by Gasteiger charge is -2.30. The lowest BCUT2D eigenvalue weighted by molar-refractivity contribution is -0.141. The van der Waals surface area contributed by atoms with Gasteiger partial charge < -0.3 is 14.5 Å². The van der Waals surface area contributed by atoms with E-state index in [-0.39, 0.29) is 24.2 Å². The minimum absolute atomic E-state index is 0.163. The maximum atomic E-state index is 13.0. The molecule has 0 saturated carbocycles. The summed E-state index contributed by atoms with van der Waals surface area (Å²) in [5.74, 6) is -1.06. The zero-order valence-corrected chi connectivity index (χ0v) is 17.6. The Balaban J connectivity index is 1.75. The summed E-state index contributed by atoms with van der Waals surface area (Å²) >= 11 is 0. The second-order valence-electron chi connectivity index (χ2n) is 7.72. The van der Waals surface area contributed by atoms with Gasteiger partial charge in [-0.1, -0.05) is 13.0 Å². The molecule has 2 aliphatic rings. The number of benzene rings is 1. The SMILES string of the molecule is CCCN(CCCCC(=O)OC)c1cccc2c1CN(C1CCC(=O)NC1=O)C2=O. The lowest BCUT2D eigenvalue weighted by Crippen LogP contribution is -2.52. The molecular weight excluding hydrogens is 386 g/mol. The number of rotatable bonds is 9. The third kappa shape index (κ3) is 4.63. The molecule has 30 heavy (non-hydrogen) atoms. The Kier molecular flexibility index (Phi) is 7.07. The van der Waals surface area contributed by atoms with Crippen LogP contribution >= 0.6 is 0 Å². The van der Waals surface area contributed by atoms with E-state index < -0.39 is 11.9 Å². The highest BCUT2D eigenvalue weighted by molar-refractivity contribution is 6.06. The first-order valence-corrected chi connectivity index (χ1v) is 10.5. The molecule has 2 heterocycles. The third-order valence-corrected chi connectivity index (χ3v) is 5.68. The Morgan fingerprint density at radius 2 is 2.03 bits per heavy atom. The summed E-state index contributed by atoms with van der Waals surface area (Å²) in [6, 6.07) is 5.07. The minimum Gasteiger partial charge on any atom is -0.469 e. The number of methoxy groups -OCH3 is 1. The highest BCUT2D eigenvalue weighted by atomic mass is 16.5. The molecule has 162 valence electrons. The van der Waals surface area contributed by atoms with Crippen molar-refractivity contribution >= 4 is 29.4 Å². The molecule has 1 atom stereocenters. The van der Waals surface area contributed by atoms with Gasteiger partial charge in [0.1, 0.15) is 6.04 Å². The number of nitrogens with zero attached hydrogens (tertiary/aromatic N) is 2. The summed E-state index contributed by atoms with van der Waals surface area (Å²) < 4.78 is 4.70. The standard InChI is InChI=1S/C22H29N3O5/c1-3-12-24(13-5-4-9-20(27)30-2)17-8-6-7-15-16(17)14-25(22(15)29)18-10-11-19(26)23-21(18)28/h6-8,18H,3-5,9-14H2,1-2H3,(H,23,26,28). The van der Waals surface area contributed by atoms with Crippen molar-refractivity contribution in [3.05, 3.63) is 29.3 Å². The van der Waals surface area contributed by atoms with Crippen LogP contribution in [0.2, 0.25) is 0 Å². The van der Waals surface area contributed by atoms with E-state index in [1.165, 1.54) is 7.11 Å². The summed E-state index contributed by atoms with van der Waals surface area (Å²) in [5, 5.41) is 2.34. The van der Waals surface area contributed by atoms with Gasteiger partial charge in [-0.25, -0.2) is 0 Å². The second-order valence-corrected chi connectivity index (χ2v) is 7.72. The van der Waals surface area contributed by atoms with Gasteiger partial charge in [0.25, 0.3) is 5.91 Å². The highest BCUT2D eigenvalue weighted by Gasteiger charge is 2.40. The molecule has 0 radical (unpaired) electrons. The van der Waals surface area contributed by atoms with Crippen molar-refractivity contribution in [2.75, 3.05) is 25.1 Å². The van der Waals surface area contributed by atoms with Crippen LogP contribution in [0.3, 0.4) is 0 Å². The van der Waals surface area contributed by atoms with Crippen molar-refractivity contribution in [2.45, 2.75) is 58.0 Å². The zero-order chi connectivity index (χ0) is 21.7. The molecule has 1 aromatic carbocycles. The summed E-state index contributed by atoms with van der Waals surface area (Å²) in [6.07, 6.45) is 3.51. The molecular formula is C22H29N3O5. The van der Waals surface area contributed by atoms with Gasteiger partial charge in [-0.15, -0.1) is 0 Å². The Bertz CT molecular complexity index is 838. The smallest absolute Gasteiger partial charge is 0.305 e. The van der Waals surface area contributed by atoms with E-state index in [1.807, 2.05) is 12.1 Å². The first-order chi connectivity index (χ1) is 14.5. The number of amides is 3. The predicted molar refractivity (Wildman–Crippen MR) is 111 cm³/mol. The quantitative estimate of drug-likeness (QED) is 0.377. The van der Waals surface area contributed by atoms with Crippen LogP contribution in [0.15, 0.2) is 18.2 Å². The van der Waals surface area contributed by atoms with Gasteiger partial charge >= 0.3 is 5.97 Å². The van der Waals surface area contributed by atoms with Crippen LogP contribution in [0.1, 0.15) is 61.4 Å². The van der Waals surface area contributed by atoms with E-state index in [0.717, 1.165) is 43.6 Å². The van der Waals surface area contributed by atoms with Gasteiger partial charge in [-0.3, -0.25) is 24.5 Å². The largest absolute Gasteiger partial charge is 0.469 e. The molecule has 8 heteroatoms. The number of hydrogen-bond acceptors (Lipinski definition) is 6. The van der Waals surface area contributed by atoms with Crippen LogP contribution in [-0.2, 0) is 25.7 Å². The number of carbonyl (C=O) groups is 4. The number of fused-ring (bicyclic) bond motifs is 1. The second kappa shape index (κ2) is 9.73. The summed E-state index contributed by atoms with van der Waals surface area (Å²) in [4.78, 5) is 51.9. The number of esters is 1. The van der Waals surface area contributed by atoms with Crippen LogP contribution in [0.25, 0.3) is 0 Å². The van der Waals surface area contributed by atoms with Crippen LogP contribution in [0, 0.1) is 0 Å². The van der Waals surface area contributed by atoms with Crippen LogP contribution < -0.4 is 10.2 Å². The van der Waals surface area contributed by atoms with Gasteiger partial charge in [0.05, 0.1) is 7.11 Å². The Morgan fingerprint density at radius 3 is 2.73 bits per heavy atom. The Labute approximate surface area is 176 Å². The van der Waals surface area contributed by atoms with E-state index in [4.69, 9.17) is 4.74 Å². The topological polar surface area (TPSA) is 96.0 Å².